The SMILES string of the molecule is Cc1ccc(-c2ncn(C3CCCC3)c2-c2ccc(C(=O)N[C@@H](C)c3ccccc3)o2)cc1. The highest BCUT2D eigenvalue weighted by molar-refractivity contribution is 5.92. The van der Waals surface area contributed by atoms with Gasteiger partial charge in [-0.25, -0.2) is 4.98 Å². The topological polar surface area (TPSA) is 60.1 Å². The van der Waals surface area contributed by atoms with Crippen molar-refractivity contribution < 1.29 is 9.21 Å². The number of rotatable bonds is 6. The molecule has 0 bridgehead atoms. The molecule has 168 valence electrons. The van der Waals surface area contributed by atoms with E-state index < -0.39 is 0 Å². The molecule has 5 rings (SSSR count). The van der Waals surface area contributed by atoms with E-state index in [0.717, 1.165) is 35.4 Å². The lowest BCUT2D eigenvalue weighted by Gasteiger charge is -2.15. The van der Waals surface area contributed by atoms with Gasteiger partial charge in [0.2, 0.25) is 0 Å². The highest BCUT2D eigenvalue weighted by atomic mass is 16.4. The van der Waals surface area contributed by atoms with E-state index in [1.165, 1.54) is 18.4 Å². The van der Waals surface area contributed by atoms with Gasteiger partial charge in [0.25, 0.3) is 5.91 Å². The zero-order valence-corrected chi connectivity index (χ0v) is 19.1. The Morgan fingerprint density at radius 1 is 1.03 bits per heavy atom. The van der Waals surface area contributed by atoms with Crippen LogP contribution >= 0.6 is 0 Å². The van der Waals surface area contributed by atoms with Gasteiger partial charge in [0.05, 0.1) is 18.1 Å². The molecule has 2 heterocycles. The Balaban J connectivity index is 1.47. The molecule has 0 spiro atoms. The fraction of sp³-hybridized carbons (Fsp3) is 0.286. The molecule has 0 unspecified atom stereocenters. The maximum atomic E-state index is 12.9. The molecule has 1 atom stereocenters. The summed E-state index contributed by atoms with van der Waals surface area (Å²) in [5.41, 5.74) is 5.15. The monoisotopic (exact) mass is 439 g/mol. The van der Waals surface area contributed by atoms with E-state index in [1.807, 2.05) is 49.6 Å². The van der Waals surface area contributed by atoms with E-state index in [-0.39, 0.29) is 11.9 Å². The summed E-state index contributed by atoms with van der Waals surface area (Å²) in [6.07, 6.45) is 6.66. The largest absolute Gasteiger partial charge is 0.449 e. The van der Waals surface area contributed by atoms with Crippen LogP contribution in [0.15, 0.2) is 77.5 Å². The molecule has 2 aromatic carbocycles. The number of hydrogen-bond donors (Lipinski definition) is 1. The van der Waals surface area contributed by atoms with E-state index in [9.17, 15) is 4.79 Å². The van der Waals surface area contributed by atoms with Crippen LogP contribution in [0.4, 0.5) is 0 Å². The third-order valence-corrected chi connectivity index (χ3v) is 6.55. The predicted octanol–water partition coefficient (Wildman–Crippen LogP) is 6.72. The van der Waals surface area contributed by atoms with Crippen LogP contribution in [-0.4, -0.2) is 15.5 Å². The molecule has 5 nitrogen and oxygen atoms in total. The normalized spacial score (nSPS) is 15.0. The van der Waals surface area contributed by atoms with E-state index in [0.29, 0.717) is 17.6 Å². The van der Waals surface area contributed by atoms with Crippen molar-refractivity contribution in [2.45, 2.75) is 51.6 Å². The predicted molar refractivity (Wildman–Crippen MR) is 130 cm³/mol. The quantitative estimate of drug-likeness (QED) is 0.362. The maximum Gasteiger partial charge on any atom is 0.287 e. The molecule has 1 aliphatic carbocycles. The zero-order valence-electron chi connectivity index (χ0n) is 19.1. The van der Waals surface area contributed by atoms with Crippen LogP contribution in [0.3, 0.4) is 0 Å². The molecule has 1 amide bonds. The lowest BCUT2D eigenvalue weighted by atomic mass is 10.1. The van der Waals surface area contributed by atoms with Crippen molar-refractivity contribution in [2.24, 2.45) is 0 Å². The number of carbonyl (C=O) groups excluding carboxylic acids is 1. The average Bonchev–Trinajstić information content (AvgIpc) is 3.60. The van der Waals surface area contributed by atoms with Crippen molar-refractivity contribution in [3.8, 4) is 22.7 Å². The minimum atomic E-state index is -0.221. The molecule has 1 N–H and O–H groups in total. The molecule has 4 aromatic rings. The third-order valence-electron chi connectivity index (χ3n) is 6.55. The highest BCUT2D eigenvalue weighted by Gasteiger charge is 2.26. The van der Waals surface area contributed by atoms with Gasteiger partial charge in [-0.3, -0.25) is 4.79 Å². The Hall–Kier alpha value is -3.60. The number of furan rings is 1. The fourth-order valence-electron chi connectivity index (χ4n) is 4.67. The van der Waals surface area contributed by atoms with E-state index >= 15 is 0 Å². The van der Waals surface area contributed by atoms with Crippen molar-refractivity contribution in [3.05, 3.63) is 89.9 Å². The first-order valence-corrected chi connectivity index (χ1v) is 11.7. The number of hydrogen-bond acceptors (Lipinski definition) is 3. The molecular formula is C28H29N3O2. The Morgan fingerprint density at radius 3 is 2.48 bits per heavy atom. The molecular weight excluding hydrogens is 410 g/mol. The van der Waals surface area contributed by atoms with E-state index in [2.05, 4.69) is 41.1 Å². The van der Waals surface area contributed by atoms with Gasteiger partial charge in [0, 0.05) is 11.6 Å². The van der Waals surface area contributed by atoms with Crippen molar-refractivity contribution in [1.29, 1.82) is 0 Å². The minimum absolute atomic E-state index is 0.112. The second-order valence-corrected chi connectivity index (χ2v) is 8.92. The van der Waals surface area contributed by atoms with Crippen LogP contribution in [0.25, 0.3) is 22.7 Å². The van der Waals surface area contributed by atoms with Gasteiger partial charge in [-0.05, 0) is 44.4 Å². The van der Waals surface area contributed by atoms with Crippen LogP contribution in [-0.2, 0) is 0 Å². The van der Waals surface area contributed by atoms with Crippen LogP contribution in [0, 0.1) is 6.92 Å². The second kappa shape index (κ2) is 9.10. The number of imidazole rings is 1. The van der Waals surface area contributed by atoms with Gasteiger partial charge in [-0.2, -0.15) is 0 Å². The Bertz CT molecular complexity index is 1230. The summed E-state index contributed by atoms with van der Waals surface area (Å²) in [5, 5.41) is 3.04. The number of aromatic nitrogens is 2. The van der Waals surface area contributed by atoms with Gasteiger partial charge < -0.3 is 14.3 Å². The summed E-state index contributed by atoms with van der Waals surface area (Å²) in [5.74, 6) is 0.760. The lowest BCUT2D eigenvalue weighted by Crippen LogP contribution is -2.26. The van der Waals surface area contributed by atoms with Crippen LogP contribution in [0.2, 0.25) is 0 Å². The van der Waals surface area contributed by atoms with Gasteiger partial charge in [-0.1, -0.05) is 73.0 Å². The fourth-order valence-corrected chi connectivity index (χ4v) is 4.67. The van der Waals surface area contributed by atoms with E-state index in [1.54, 1.807) is 6.07 Å². The number of amides is 1. The molecule has 1 aliphatic rings. The number of nitrogens with one attached hydrogen (secondary N) is 1. The standard InChI is InChI=1S/C28H29N3O2/c1-19-12-14-22(15-13-19)26-27(31(18-29-26)23-10-6-7-11-23)24-16-17-25(33-24)28(32)30-20(2)21-8-4-3-5-9-21/h3-5,8-9,12-18,20,23H,6-7,10-11H2,1-2H3,(H,30,32)/t20-/m0/s1. The average molecular weight is 440 g/mol. The number of aryl methyl sites for hydroxylation is 1. The summed E-state index contributed by atoms with van der Waals surface area (Å²) in [4.78, 5) is 17.7. The first kappa shape index (κ1) is 21.3. The first-order valence-electron chi connectivity index (χ1n) is 11.7. The molecule has 1 saturated carbocycles. The lowest BCUT2D eigenvalue weighted by molar-refractivity contribution is 0.0912. The molecule has 0 saturated heterocycles. The molecule has 0 radical (unpaired) electrons. The number of carbonyl (C=O) groups is 1. The summed E-state index contributed by atoms with van der Waals surface area (Å²) >= 11 is 0. The third kappa shape index (κ3) is 4.36. The molecule has 5 heteroatoms. The van der Waals surface area contributed by atoms with Gasteiger partial charge in [-0.15, -0.1) is 0 Å². The van der Waals surface area contributed by atoms with Crippen molar-refractivity contribution in [1.82, 2.24) is 14.9 Å². The van der Waals surface area contributed by atoms with Gasteiger partial charge >= 0.3 is 0 Å². The van der Waals surface area contributed by atoms with Crippen LogP contribution in [0.1, 0.15) is 66.4 Å². The first-order chi connectivity index (χ1) is 16.1. The molecule has 33 heavy (non-hydrogen) atoms. The summed E-state index contributed by atoms with van der Waals surface area (Å²) < 4.78 is 8.39. The molecule has 2 aromatic heterocycles. The van der Waals surface area contributed by atoms with E-state index in [4.69, 9.17) is 9.40 Å². The summed E-state index contributed by atoms with van der Waals surface area (Å²) in [6.45, 7) is 4.05. The summed E-state index contributed by atoms with van der Waals surface area (Å²) in [7, 11) is 0. The second-order valence-electron chi connectivity index (χ2n) is 8.92. The maximum absolute atomic E-state index is 12.9. The minimum Gasteiger partial charge on any atom is -0.449 e. The van der Waals surface area contributed by atoms with Crippen LogP contribution < -0.4 is 5.32 Å². The Morgan fingerprint density at radius 2 is 1.76 bits per heavy atom. The Kier molecular flexibility index (Phi) is 5.86. The zero-order chi connectivity index (χ0) is 22.8. The van der Waals surface area contributed by atoms with Gasteiger partial charge in [0.15, 0.2) is 11.5 Å². The Labute approximate surface area is 194 Å². The molecule has 0 aliphatic heterocycles. The van der Waals surface area contributed by atoms with Crippen molar-refractivity contribution >= 4 is 5.91 Å². The van der Waals surface area contributed by atoms with Gasteiger partial charge in [0.1, 0.15) is 5.69 Å². The summed E-state index contributed by atoms with van der Waals surface area (Å²) in [6, 6.07) is 22.3. The number of benzene rings is 2. The number of nitrogens with zero attached hydrogens (tertiary/aromatic N) is 2. The molecule has 1 fully saturated rings. The van der Waals surface area contributed by atoms with Crippen molar-refractivity contribution in [2.75, 3.05) is 0 Å². The van der Waals surface area contributed by atoms with Crippen molar-refractivity contribution in [3.63, 3.8) is 0 Å². The highest BCUT2D eigenvalue weighted by Crippen LogP contribution is 2.39. The van der Waals surface area contributed by atoms with Crippen LogP contribution in [0.5, 0.6) is 0 Å². The smallest absolute Gasteiger partial charge is 0.287 e.